The van der Waals surface area contributed by atoms with Gasteiger partial charge >= 0.3 is 5.97 Å². The minimum atomic E-state index is -1.04. The van der Waals surface area contributed by atoms with Crippen LogP contribution in [0.2, 0.25) is 0 Å². The van der Waals surface area contributed by atoms with E-state index in [2.05, 4.69) is 0 Å². The molecule has 3 rings (SSSR count). The molecule has 142 valence electrons. The third kappa shape index (κ3) is 4.22. The standard InChI is InChI=1S/C19H19NO5S2/c1-11(21)27-16(9-17(22)20-8-4-6-14(20)19(24)25)18(23)13-10-26-15-7-3-2-5-12(13)15/h2-3,5,7,10,14,16H,4,6,8-9H2,1H3,(H,24,25)/t14-,16?/m0/s1. The van der Waals surface area contributed by atoms with Gasteiger partial charge in [0.25, 0.3) is 0 Å². The summed E-state index contributed by atoms with van der Waals surface area (Å²) in [5.74, 6) is -1.70. The molecule has 1 fully saturated rings. The lowest BCUT2D eigenvalue weighted by atomic mass is 10.0. The van der Waals surface area contributed by atoms with Crippen LogP contribution >= 0.6 is 23.1 Å². The number of thioether (sulfide) groups is 1. The summed E-state index contributed by atoms with van der Waals surface area (Å²) >= 11 is 2.27. The molecule has 0 bridgehead atoms. The van der Waals surface area contributed by atoms with E-state index in [1.165, 1.54) is 23.2 Å². The molecule has 0 aliphatic carbocycles. The van der Waals surface area contributed by atoms with Crippen molar-refractivity contribution in [1.82, 2.24) is 4.90 Å². The molecule has 0 radical (unpaired) electrons. The van der Waals surface area contributed by atoms with Crippen LogP contribution in [0.4, 0.5) is 0 Å². The highest BCUT2D eigenvalue weighted by atomic mass is 32.2. The third-order valence-electron chi connectivity index (χ3n) is 4.57. The van der Waals surface area contributed by atoms with E-state index in [-0.39, 0.29) is 17.3 Å². The predicted octanol–water partition coefficient (Wildman–Crippen LogP) is 3.20. The van der Waals surface area contributed by atoms with Gasteiger partial charge in [-0.1, -0.05) is 30.0 Å². The molecule has 6 nitrogen and oxygen atoms in total. The first-order chi connectivity index (χ1) is 12.9. The molecule has 1 amide bonds. The van der Waals surface area contributed by atoms with E-state index in [0.29, 0.717) is 24.9 Å². The van der Waals surface area contributed by atoms with Gasteiger partial charge in [0.05, 0.1) is 5.25 Å². The summed E-state index contributed by atoms with van der Waals surface area (Å²) in [5, 5.41) is 10.7. The second kappa shape index (κ2) is 8.22. The van der Waals surface area contributed by atoms with Gasteiger partial charge in [-0.25, -0.2) is 4.79 Å². The summed E-state index contributed by atoms with van der Waals surface area (Å²) in [6, 6.07) is 6.63. The fraction of sp³-hybridized carbons (Fsp3) is 0.368. The number of benzene rings is 1. The number of thiophene rings is 1. The lowest BCUT2D eigenvalue weighted by Crippen LogP contribution is -2.42. The highest BCUT2D eigenvalue weighted by Gasteiger charge is 2.36. The van der Waals surface area contributed by atoms with Crippen molar-refractivity contribution in [3.05, 3.63) is 35.2 Å². The van der Waals surface area contributed by atoms with Gasteiger partial charge in [-0.15, -0.1) is 11.3 Å². The predicted molar refractivity (Wildman–Crippen MR) is 105 cm³/mol. The molecule has 0 spiro atoms. The number of carboxylic acids is 1. The second-order valence-corrected chi connectivity index (χ2v) is 8.69. The van der Waals surface area contributed by atoms with E-state index in [1.807, 2.05) is 24.3 Å². The SMILES string of the molecule is CC(=O)SC(CC(=O)N1CCC[C@H]1C(=O)O)C(=O)c1csc2ccccc12. The van der Waals surface area contributed by atoms with Crippen LogP contribution in [-0.2, 0) is 14.4 Å². The van der Waals surface area contributed by atoms with Crippen molar-refractivity contribution in [2.24, 2.45) is 0 Å². The van der Waals surface area contributed by atoms with Gasteiger partial charge in [0.15, 0.2) is 10.9 Å². The molecule has 1 saturated heterocycles. The average Bonchev–Trinajstić information content (AvgIpc) is 3.27. The number of hydrogen-bond acceptors (Lipinski definition) is 6. The molecule has 2 aromatic rings. The Morgan fingerprint density at radius 1 is 1.30 bits per heavy atom. The van der Waals surface area contributed by atoms with Gasteiger partial charge in [-0.3, -0.25) is 14.4 Å². The molecule has 2 heterocycles. The van der Waals surface area contributed by atoms with Crippen LogP contribution in [0, 0.1) is 0 Å². The van der Waals surface area contributed by atoms with Crippen LogP contribution in [0.1, 0.15) is 36.5 Å². The van der Waals surface area contributed by atoms with Crippen molar-refractivity contribution in [1.29, 1.82) is 0 Å². The molecule has 1 aliphatic rings. The Labute approximate surface area is 164 Å². The largest absolute Gasteiger partial charge is 0.480 e. The summed E-state index contributed by atoms with van der Waals surface area (Å²) in [4.78, 5) is 50.1. The zero-order valence-electron chi connectivity index (χ0n) is 14.7. The molecule has 1 aliphatic heterocycles. The minimum Gasteiger partial charge on any atom is -0.480 e. The maximum absolute atomic E-state index is 13.1. The number of amides is 1. The molecule has 8 heteroatoms. The molecular formula is C19H19NO5S2. The first-order valence-corrected chi connectivity index (χ1v) is 10.3. The zero-order valence-corrected chi connectivity index (χ0v) is 16.3. The Hall–Kier alpha value is -2.19. The van der Waals surface area contributed by atoms with Crippen LogP contribution in [0.5, 0.6) is 0 Å². The van der Waals surface area contributed by atoms with Crippen LogP contribution in [0.25, 0.3) is 10.1 Å². The van der Waals surface area contributed by atoms with Crippen molar-refractivity contribution in [2.75, 3.05) is 6.54 Å². The Bertz CT molecular complexity index is 906. The van der Waals surface area contributed by atoms with Crippen LogP contribution in [0.3, 0.4) is 0 Å². The van der Waals surface area contributed by atoms with E-state index in [4.69, 9.17) is 0 Å². The fourth-order valence-electron chi connectivity index (χ4n) is 3.33. The number of Topliss-reactive ketones (excluding diaryl/α,β-unsaturated/α-hetero) is 1. The first-order valence-electron chi connectivity index (χ1n) is 8.58. The maximum atomic E-state index is 13.1. The van der Waals surface area contributed by atoms with E-state index in [0.717, 1.165) is 21.8 Å². The van der Waals surface area contributed by atoms with Crippen molar-refractivity contribution in [3.63, 3.8) is 0 Å². The average molecular weight is 405 g/mol. The Morgan fingerprint density at radius 2 is 2.04 bits per heavy atom. The topological polar surface area (TPSA) is 91.8 Å². The highest BCUT2D eigenvalue weighted by molar-refractivity contribution is 8.14. The van der Waals surface area contributed by atoms with Crippen molar-refractivity contribution in [2.45, 2.75) is 37.5 Å². The van der Waals surface area contributed by atoms with E-state index < -0.39 is 23.2 Å². The summed E-state index contributed by atoms with van der Waals surface area (Å²) in [7, 11) is 0. The maximum Gasteiger partial charge on any atom is 0.326 e. The van der Waals surface area contributed by atoms with Crippen LogP contribution in [-0.4, -0.2) is 50.6 Å². The fourth-order valence-corrected chi connectivity index (χ4v) is 5.14. The number of ketones is 1. The normalized spacial score (nSPS) is 17.8. The Morgan fingerprint density at radius 3 is 2.74 bits per heavy atom. The van der Waals surface area contributed by atoms with E-state index in [9.17, 15) is 24.3 Å². The quantitative estimate of drug-likeness (QED) is 0.742. The van der Waals surface area contributed by atoms with Gasteiger partial charge in [0, 0.05) is 40.9 Å². The van der Waals surface area contributed by atoms with Crippen LogP contribution < -0.4 is 0 Å². The number of rotatable bonds is 6. The lowest BCUT2D eigenvalue weighted by molar-refractivity contribution is -0.148. The number of carbonyl (C=O) groups is 4. The Kier molecular flexibility index (Phi) is 5.96. The molecular weight excluding hydrogens is 386 g/mol. The molecule has 2 atom stereocenters. The minimum absolute atomic E-state index is 0.183. The molecule has 1 aromatic carbocycles. The second-order valence-electron chi connectivity index (χ2n) is 6.40. The van der Waals surface area contributed by atoms with Crippen LogP contribution in [0.15, 0.2) is 29.6 Å². The first kappa shape index (κ1) is 19.6. The zero-order chi connectivity index (χ0) is 19.6. The molecule has 0 saturated carbocycles. The van der Waals surface area contributed by atoms with Crippen molar-refractivity contribution in [3.8, 4) is 0 Å². The molecule has 1 unspecified atom stereocenters. The molecule has 1 N–H and O–H groups in total. The van der Waals surface area contributed by atoms with E-state index in [1.54, 1.807) is 5.38 Å². The number of carbonyl (C=O) groups excluding carboxylic acids is 3. The highest BCUT2D eigenvalue weighted by Crippen LogP contribution is 2.31. The number of fused-ring (bicyclic) bond motifs is 1. The monoisotopic (exact) mass is 405 g/mol. The third-order valence-corrected chi connectivity index (χ3v) is 6.53. The Balaban J connectivity index is 1.83. The number of hydrogen-bond donors (Lipinski definition) is 1. The lowest BCUT2D eigenvalue weighted by Gasteiger charge is -2.23. The van der Waals surface area contributed by atoms with Gasteiger partial charge in [-0.05, 0) is 18.9 Å². The summed E-state index contributed by atoms with van der Waals surface area (Å²) < 4.78 is 0.962. The van der Waals surface area contributed by atoms with Crippen molar-refractivity contribution >= 4 is 56.0 Å². The summed E-state index contributed by atoms with van der Waals surface area (Å²) in [6.07, 6.45) is 0.849. The van der Waals surface area contributed by atoms with Gasteiger partial charge in [0.2, 0.25) is 5.91 Å². The number of nitrogens with zero attached hydrogens (tertiary/aromatic N) is 1. The van der Waals surface area contributed by atoms with Gasteiger partial charge < -0.3 is 10.0 Å². The number of likely N-dealkylation sites (tertiary alicyclic amines) is 1. The number of aliphatic carboxylic acids is 1. The van der Waals surface area contributed by atoms with Gasteiger partial charge in [0.1, 0.15) is 6.04 Å². The summed E-state index contributed by atoms with van der Waals surface area (Å²) in [6.45, 7) is 1.72. The summed E-state index contributed by atoms with van der Waals surface area (Å²) in [5.41, 5.74) is 0.498. The molecule has 27 heavy (non-hydrogen) atoms. The van der Waals surface area contributed by atoms with Gasteiger partial charge in [-0.2, -0.15) is 0 Å². The number of carboxylic acid groups (broad SMARTS) is 1. The van der Waals surface area contributed by atoms with Crippen molar-refractivity contribution < 1.29 is 24.3 Å². The smallest absolute Gasteiger partial charge is 0.326 e. The van der Waals surface area contributed by atoms with E-state index >= 15 is 0 Å². The molecule has 1 aromatic heterocycles.